The molecule has 1 heterocycles. The first-order chi connectivity index (χ1) is 13.6. The van der Waals surface area contributed by atoms with Crippen molar-refractivity contribution in [2.45, 2.75) is 38.5 Å². The zero-order chi connectivity index (χ0) is 20.4. The number of methoxy groups -OCH3 is 2. The summed E-state index contributed by atoms with van der Waals surface area (Å²) in [6, 6.07) is 5.40. The van der Waals surface area contributed by atoms with Crippen LogP contribution in [0.5, 0.6) is 11.5 Å². The average molecular weight is 523 g/mol. The molecule has 0 radical (unpaired) electrons. The van der Waals surface area contributed by atoms with E-state index in [2.05, 4.69) is 15.6 Å². The Morgan fingerprint density at radius 1 is 1.34 bits per heavy atom. The van der Waals surface area contributed by atoms with Crippen LogP contribution in [0.4, 0.5) is 0 Å². The van der Waals surface area contributed by atoms with E-state index in [-0.39, 0.29) is 42.7 Å². The fraction of sp³-hybridized carbons (Fsp3) is 0.650. The van der Waals surface area contributed by atoms with Crippen molar-refractivity contribution < 1.29 is 24.1 Å². The fourth-order valence-electron chi connectivity index (χ4n) is 2.90. The van der Waals surface area contributed by atoms with Gasteiger partial charge in [0.15, 0.2) is 5.96 Å². The first kappa shape index (κ1) is 25.7. The summed E-state index contributed by atoms with van der Waals surface area (Å²) in [5.74, 6) is 1.88. The van der Waals surface area contributed by atoms with Crippen LogP contribution in [-0.4, -0.2) is 70.3 Å². The quantitative estimate of drug-likeness (QED) is 0.246. The normalized spacial score (nSPS) is 18.5. The number of hydrogen-bond donors (Lipinski definition) is 3. The number of guanidine groups is 1. The largest absolute Gasteiger partial charge is 0.497 e. The molecule has 0 aromatic heterocycles. The van der Waals surface area contributed by atoms with Crippen LogP contribution in [0.2, 0.25) is 0 Å². The van der Waals surface area contributed by atoms with Gasteiger partial charge >= 0.3 is 0 Å². The van der Waals surface area contributed by atoms with Crippen LogP contribution in [0.25, 0.3) is 0 Å². The number of nitrogens with zero attached hydrogens (tertiary/aromatic N) is 1. The summed E-state index contributed by atoms with van der Waals surface area (Å²) in [4.78, 5) is 4.51. The smallest absolute Gasteiger partial charge is 0.191 e. The molecule has 1 saturated heterocycles. The van der Waals surface area contributed by atoms with Gasteiger partial charge in [-0.25, -0.2) is 0 Å². The van der Waals surface area contributed by atoms with Gasteiger partial charge in [0.25, 0.3) is 0 Å². The van der Waals surface area contributed by atoms with Crippen LogP contribution in [-0.2, 0) is 9.47 Å². The third-order valence-corrected chi connectivity index (χ3v) is 4.42. The molecular weight excluding hydrogens is 489 g/mol. The molecule has 0 spiro atoms. The van der Waals surface area contributed by atoms with Crippen molar-refractivity contribution in [3.05, 3.63) is 23.8 Å². The maximum atomic E-state index is 10.6. The van der Waals surface area contributed by atoms with Gasteiger partial charge in [0.1, 0.15) is 17.6 Å². The van der Waals surface area contributed by atoms with Crippen molar-refractivity contribution in [1.82, 2.24) is 10.6 Å². The van der Waals surface area contributed by atoms with Gasteiger partial charge in [0, 0.05) is 24.8 Å². The average Bonchev–Trinajstić information content (AvgIpc) is 3.23. The SMILES string of the molecule is CCNC(=NCC(O)c1cc(OC)ccc1OC)NC(C)COC1CCOC1.I. The van der Waals surface area contributed by atoms with Crippen molar-refractivity contribution in [2.75, 3.05) is 47.1 Å². The number of nitrogens with one attached hydrogen (secondary N) is 2. The lowest BCUT2D eigenvalue weighted by Crippen LogP contribution is -2.44. The van der Waals surface area contributed by atoms with Crippen molar-refractivity contribution in [1.29, 1.82) is 0 Å². The molecule has 2 rings (SSSR count). The van der Waals surface area contributed by atoms with Gasteiger partial charge in [-0.05, 0) is 38.5 Å². The monoisotopic (exact) mass is 523 g/mol. The number of aliphatic hydroxyl groups is 1. The molecular formula is C20H34IN3O5. The van der Waals surface area contributed by atoms with Crippen LogP contribution in [0.3, 0.4) is 0 Å². The Balaban J connectivity index is 0.00000420. The topological polar surface area (TPSA) is 93.6 Å². The maximum absolute atomic E-state index is 10.6. The Morgan fingerprint density at radius 2 is 2.14 bits per heavy atom. The molecule has 0 bridgehead atoms. The summed E-state index contributed by atoms with van der Waals surface area (Å²) in [5.41, 5.74) is 0.638. The molecule has 1 aliphatic heterocycles. The molecule has 0 amide bonds. The first-order valence-electron chi connectivity index (χ1n) is 9.71. The number of hydrogen-bond acceptors (Lipinski definition) is 6. The van der Waals surface area contributed by atoms with E-state index in [0.29, 0.717) is 42.8 Å². The summed E-state index contributed by atoms with van der Waals surface area (Å²) in [5, 5.41) is 17.1. The molecule has 8 nitrogen and oxygen atoms in total. The molecule has 0 saturated carbocycles. The van der Waals surface area contributed by atoms with Gasteiger partial charge in [-0.2, -0.15) is 0 Å². The summed E-state index contributed by atoms with van der Waals surface area (Å²) < 4.78 is 21.8. The molecule has 166 valence electrons. The minimum absolute atomic E-state index is 0. The van der Waals surface area contributed by atoms with E-state index in [1.165, 1.54) is 0 Å². The Bertz CT molecular complexity index is 626. The van der Waals surface area contributed by atoms with Crippen molar-refractivity contribution in [2.24, 2.45) is 4.99 Å². The summed E-state index contributed by atoms with van der Waals surface area (Å²) in [6.45, 7) is 6.92. The Hall–Kier alpha value is -1.30. The lowest BCUT2D eigenvalue weighted by atomic mass is 10.1. The molecule has 3 atom stereocenters. The second-order valence-electron chi connectivity index (χ2n) is 6.71. The second-order valence-corrected chi connectivity index (χ2v) is 6.71. The number of halogens is 1. The highest BCUT2D eigenvalue weighted by Crippen LogP contribution is 2.29. The third kappa shape index (κ3) is 8.53. The highest BCUT2D eigenvalue weighted by atomic mass is 127. The first-order valence-corrected chi connectivity index (χ1v) is 9.71. The van der Waals surface area contributed by atoms with E-state index in [1.807, 2.05) is 13.8 Å². The van der Waals surface area contributed by atoms with Gasteiger partial charge in [0.2, 0.25) is 0 Å². The lowest BCUT2D eigenvalue weighted by Gasteiger charge is -2.20. The van der Waals surface area contributed by atoms with Crippen molar-refractivity contribution in [3.63, 3.8) is 0 Å². The fourth-order valence-corrected chi connectivity index (χ4v) is 2.90. The van der Waals surface area contributed by atoms with Crippen LogP contribution in [0.15, 0.2) is 23.2 Å². The standard InChI is InChI=1S/C20H33N3O5.HI/c1-5-21-20(23-14(2)12-28-16-8-9-27-13-16)22-11-18(24)17-10-15(25-3)6-7-19(17)26-4;/h6-7,10,14,16,18,24H,5,8-9,11-13H2,1-4H3,(H2,21,22,23);1H. The highest BCUT2D eigenvalue weighted by Gasteiger charge is 2.18. The van der Waals surface area contributed by atoms with E-state index in [4.69, 9.17) is 18.9 Å². The number of aliphatic hydroxyl groups excluding tert-OH is 1. The molecule has 9 heteroatoms. The predicted octanol–water partition coefficient (Wildman–Crippen LogP) is 2.10. The number of ether oxygens (including phenoxy) is 4. The molecule has 3 unspecified atom stereocenters. The second kappa shape index (κ2) is 13.8. The van der Waals surface area contributed by atoms with E-state index >= 15 is 0 Å². The zero-order valence-electron chi connectivity index (χ0n) is 17.6. The van der Waals surface area contributed by atoms with E-state index in [1.54, 1.807) is 32.4 Å². The highest BCUT2D eigenvalue weighted by molar-refractivity contribution is 14.0. The van der Waals surface area contributed by atoms with Crippen molar-refractivity contribution >= 4 is 29.9 Å². The van der Waals surface area contributed by atoms with Crippen LogP contribution in [0.1, 0.15) is 31.9 Å². The Kier molecular flexibility index (Phi) is 12.3. The summed E-state index contributed by atoms with van der Waals surface area (Å²) in [6.07, 6.45) is 0.295. The van der Waals surface area contributed by atoms with E-state index in [9.17, 15) is 5.11 Å². The predicted molar refractivity (Wildman–Crippen MR) is 124 cm³/mol. The number of aliphatic imine (C=N–C) groups is 1. The summed E-state index contributed by atoms with van der Waals surface area (Å²) in [7, 11) is 3.16. The van der Waals surface area contributed by atoms with Gasteiger partial charge in [-0.3, -0.25) is 4.99 Å². The van der Waals surface area contributed by atoms with E-state index < -0.39 is 6.10 Å². The van der Waals surface area contributed by atoms with Crippen molar-refractivity contribution in [3.8, 4) is 11.5 Å². The zero-order valence-corrected chi connectivity index (χ0v) is 20.0. The maximum Gasteiger partial charge on any atom is 0.191 e. The number of rotatable bonds is 10. The van der Waals surface area contributed by atoms with Crippen LogP contribution < -0.4 is 20.1 Å². The molecule has 0 aliphatic carbocycles. The number of benzene rings is 1. The summed E-state index contributed by atoms with van der Waals surface area (Å²) >= 11 is 0. The Labute approximate surface area is 190 Å². The van der Waals surface area contributed by atoms with Crippen LogP contribution >= 0.6 is 24.0 Å². The van der Waals surface area contributed by atoms with Crippen LogP contribution in [0, 0.1) is 0 Å². The van der Waals surface area contributed by atoms with Gasteiger partial charge in [0.05, 0.1) is 40.1 Å². The van der Waals surface area contributed by atoms with Gasteiger partial charge in [-0.1, -0.05) is 0 Å². The molecule has 3 N–H and O–H groups in total. The molecule has 1 aliphatic rings. The van der Waals surface area contributed by atoms with Gasteiger partial charge in [-0.15, -0.1) is 24.0 Å². The molecule has 1 aromatic carbocycles. The molecule has 1 aromatic rings. The Morgan fingerprint density at radius 3 is 2.76 bits per heavy atom. The van der Waals surface area contributed by atoms with E-state index in [0.717, 1.165) is 13.0 Å². The molecule has 1 fully saturated rings. The third-order valence-electron chi connectivity index (χ3n) is 4.42. The molecule has 29 heavy (non-hydrogen) atoms. The minimum atomic E-state index is -0.817. The lowest BCUT2D eigenvalue weighted by molar-refractivity contribution is 0.0347. The minimum Gasteiger partial charge on any atom is -0.497 e. The van der Waals surface area contributed by atoms with Gasteiger partial charge < -0.3 is 34.7 Å².